The third kappa shape index (κ3) is 2.57. The van der Waals surface area contributed by atoms with Crippen molar-refractivity contribution >= 4 is 15.7 Å². The van der Waals surface area contributed by atoms with E-state index < -0.39 is 26.1 Å². The first-order chi connectivity index (χ1) is 7.70. The molecule has 1 N–H and O–H groups in total. The molecule has 8 heteroatoms. The Morgan fingerprint density at radius 3 is 2.12 bits per heavy atom. The molecule has 1 rings (SSSR count). The van der Waals surface area contributed by atoms with Crippen LogP contribution < -0.4 is 0 Å². The largest absolute Gasteiger partial charge is 0.483 e. The van der Waals surface area contributed by atoms with Crippen LogP contribution in [0.15, 0.2) is 29.2 Å². The molecular weight excluding hydrogens is 259 g/mol. The summed E-state index contributed by atoms with van der Waals surface area (Å²) in [5, 5.41) is 0. The number of halogens is 3. The first-order valence-corrected chi connectivity index (χ1v) is 5.79. The maximum atomic E-state index is 12.3. The van der Waals surface area contributed by atoms with E-state index in [1.807, 2.05) is 0 Å². The van der Waals surface area contributed by atoms with Crippen LogP contribution in [0.1, 0.15) is 10.4 Å². The van der Waals surface area contributed by atoms with Gasteiger partial charge < -0.3 is 4.74 Å². The SMILES string of the molecule is COC(=O)c1ccc(S(=N)(=O)C(F)(F)F)cc1. The zero-order valence-corrected chi connectivity index (χ0v) is 9.39. The Balaban J connectivity index is 3.17. The van der Waals surface area contributed by atoms with Gasteiger partial charge in [-0.25, -0.2) is 13.8 Å². The highest BCUT2D eigenvalue weighted by Gasteiger charge is 2.43. The fraction of sp³-hybridized carbons (Fsp3) is 0.222. The molecule has 0 radical (unpaired) electrons. The summed E-state index contributed by atoms with van der Waals surface area (Å²) >= 11 is 0. The molecule has 1 aromatic carbocycles. The van der Waals surface area contributed by atoms with Crippen molar-refractivity contribution in [1.29, 1.82) is 4.78 Å². The maximum Gasteiger partial charge on any atom is 0.483 e. The Morgan fingerprint density at radius 2 is 1.76 bits per heavy atom. The Morgan fingerprint density at radius 1 is 1.29 bits per heavy atom. The number of hydrogen-bond donors (Lipinski definition) is 1. The number of alkyl halides is 3. The number of carbonyl (C=O) groups excluding carboxylic acids is 1. The molecule has 0 heterocycles. The van der Waals surface area contributed by atoms with E-state index >= 15 is 0 Å². The summed E-state index contributed by atoms with van der Waals surface area (Å²) in [6.45, 7) is 0. The lowest BCUT2D eigenvalue weighted by Gasteiger charge is -2.11. The monoisotopic (exact) mass is 267 g/mol. The minimum atomic E-state index is -5.14. The topological polar surface area (TPSA) is 67.2 Å². The Hall–Kier alpha value is -1.57. The van der Waals surface area contributed by atoms with Crippen LogP contribution in [0, 0.1) is 4.78 Å². The lowest BCUT2D eigenvalue weighted by Crippen LogP contribution is -2.21. The van der Waals surface area contributed by atoms with E-state index in [9.17, 15) is 22.2 Å². The summed E-state index contributed by atoms with van der Waals surface area (Å²) < 4.78 is 59.2. The number of hydrogen-bond acceptors (Lipinski definition) is 4. The van der Waals surface area contributed by atoms with E-state index in [1.54, 1.807) is 0 Å². The van der Waals surface area contributed by atoms with Crippen molar-refractivity contribution in [2.24, 2.45) is 0 Å². The molecule has 0 saturated carbocycles. The molecule has 0 aliphatic carbocycles. The molecule has 1 aromatic rings. The standard InChI is InChI=1S/C9H8F3NO3S/c1-16-8(14)6-2-4-7(5-3-6)17(13,15)9(10,11)12/h2-5,13H,1H3. The van der Waals surface area contributed by atoms with E-state index in [0.717, 1.165) is 31.4 Å². The summed E-state index contributed by atoms with van der Waals surface area (Å²) in [5.41, 5.74) is -5.12. The molecule has 0 spiro atoms. The van der Waals surface area contributed by atoms with Crippen molar-refractivity contribution in [1.82, 2.24) is 0 Å². The summed E-state index contributed by atoms with van der Waals surface area (Å²) in [4.78, 5) is 10.3. The van der Waals surface area contributed by atoms with Crippen molar-refractivity contribution in [3.8, 4) is 0 Å². The van der Waals surface area contributed by atoms with Crippen molar-refractivity contribution in [2.45, 2.75) is 10.4 Å². The van der Waals surface area contributed by atoms with Gasteiger partial charge >= 0.3 is 11.5 Å². The molecule has 4 nitrogen and oxygen atoms in total. The van der Waals surface area contributed by atoms with Crippen LogP contribution in [0.3, 0.4) is 0 Å². The quantitative estimate of drug-likeness (QED) is 0.836. The second-order valence-electron chi connectivity index (χ2n) is 3.02. The van der Waals surface area contributed by atoms with Gasteiger partial charge in [-0.1, -0.05) is 0 Å². The first kappa shape index (κ1) is 13.5. The molecule has 0 saturated heterocycles. The third-order valence-electron chi connectivity index (χ3n) is 1.93. The number of carbonyl (C=O) groups is 1. The fourth-order valence-electron chi connectivity index (χ4n) is 1.03. The minimum Gasteiger partial charge on any atom is -0.465 e. The predicted octanol–water partition coefficient (Wildman–Crippen LogP) is 2.40. The second kappa shape index (κ2) is 4.36. The van der Waals surface area contributed by atoms with Crippen LogP contribution in [0.4, 0.5) is 13.2 Å². The fourth-order valence-corrected chi connectivity index (χ4v) is 1.82. The van der Waals surface area contributed by atoms with Crippen molar-refractivity contribution in [3.05, 3.63) is 29.8 Å². The van der Waals surface area contributed by atoms with E-state index in [2.05, 4.69) is 4.74 Å². The van der Waals surface area contributed by atoms with Crippen molar-refractivity contribution in [3.63, 3.8) is 0 Å². The molecule has 0 fully saturated rings. The summed E-state index contributed by atoms with van der Waals surface area (Å²) in [6, 6.07) is 3.71. The van der Waals surface area contributed by atoms with Crippen LogP contribution in [0.2, 0.25) is 0 Å². The molecule has 1 atom stereocenters. The molecule has 17 heavy (non-hydrogen) atoms. The van der Waals surface area contributed by atoms with Gasteiger partial charge in [-0.3, -0.25) is 0 Å². The van der Waals surface area contributed by atoms with Crippen molar-refractivity contribution < 1.29 is 26.9 Å². The van der Waals surface area contributed by atoms with Gasteiger partial charge in [-0.15, -0.1) is 0 Å². The third-order valence-corrected chi connectivity index (χ3v) is 3.52. The average Bonchev–Trinajstić information content (AvgIpc) is 2.26. The zero-order chi connectivity index (χ0) is 13.3. The van der Waals surface area contributed by atoms with Crippen molar-refractivity contribution in [2.75, 3.05) is 7.11 Å². The zero-order valence-electron chi connectivity index (χ0n) is 8.58. The molecule has 94 valence electrons. The highest BCUT2D eigenvalue weighted by Crippen LogP contribution is 2.30. The lowest BCUT2D eigenvalue weighted by molar-refractivity contribution is -0.0406. The number of esters is 1. The van der Waals surface area contributed by atoms with Crippen LogP contribution in [0.5, 0.6) is 0 Å². The molecule has 0 bridgehead atoms. The van der Waals surface area contributed by atoms with E-state index in [4.69, 9.17) is 4.78 Å². The highest BCUT2D eigenvalue weighted by molar-refractivity contribution is 7.93. The molecule has 0 aliphatic heterocycles. The normalized spacial score (nSPS) is 15.1. The summed E-state index contributed by atoms with van der Waals surface area (Å²) in [6.07, 6.45) is 0. The molecular formula is C9H8F3NO3S. The Labute approximate surface area is 95.4 Å². The number of nitrogens with one attached hydrogen (secondary N) is 1. The van der Waals surface area contributed by atoms with Gasteiger partial charge in [0.15, 0.2) is 9.73 Å². The Kier molecular flexibility index (Phi) is 3.46. The smallest absolute Gasteiger partial charge is 0.465 e. The van der Waals surface area contributed by atoms with Crippen LogP contribution in [-0.2, 0) is 14.5 Å². The predicted molar refractivity (Wildman–Crippen MR) is 53.0 cm³/mol. The number of ether oxygens (including phenoxy) is 1. The van der Waals surface area contributed by atoms with Gasteiger partial charge in [0.05, 0.1) is 17.6 Å². The molecule has 0 amide bonds. The van der Waals surface area contributed by atoms with Gasteiger partial charge in [-0.05, 0) is 24.3 Å². The van der Waals surface area contributed by atoms with E-state index in [1.165, 1.54) is 0 Å². The van der Waals surface area contributed by atoms with Crippen LogP contribution >= 0.6 is 0 Å². The average molecular weight is 267 g/mol. The van der Waals surface area contributed by atoms with Crippen LogP contribution in [0.25, 0.3) is 0 Å². The highest BCUT2D eigenvalue weighted by atomic mass is 32.2. The van der Waals surface area contributed by atoms with E-state index in [0.29, 0.717) is 0 Å². The van der Waals surface area contributed by atoms with Gasteiger partial charge in [0.1, 0.15) is 0 Å². The Bertz CT molecular complexity index is 519. The molecule has 0 aromatic heterocycles. The number of rotatable bonds is 2. The molecule has 1 unspecified atom stereocenters. The van der Waals surface area contributed by atoms with E-state index in [-0.39, 0.29) is 5.56 Å². The number of benzene rings is 1. The van der Waals surface area contributed by atoms with Gasteiger partial charge in [-0.2, -0.15) is 13.2 Å². The minimum absolute atomic E-state index is 0.0219. The summed E-state index contributed by atoms with van der Waals surface area (Å²) in [5.74, 6) is -0.722. The van der Waals surface area contributed by atoms with Gasteiger partial charge in [0, 0.05) is 0 Å². The summed E-state index contributed by atoms with van der Waals surface area (Å²) in [7, 11) is -3.75. The van der Waals surface area contributed by atoms with Gasteiger partial charge in [0.25, 0.3) is 0 Å². The second-order valence-corrected chi connectivity index (χ2v) is 5.06. The van der Waals surface area contributed by atoms with Gasteiger partial charge in [0.2, 0.25) is 0 Å². The molecule has 0 aliphatic rings. The first-order valence-electron chi connectivity index (χ1n) is 4.23. The lowest BCUT2D eigenvalue weighted by atomic mass is 10.2. The maximum absolute atomic E-state index is 12.3. The number of methoxy groups -OCH3 is 1. The van der Waals surface area contributed by atoms with Crippen LogP contribution in [-0.4, -0.2) is 22.8 Å².